The molecule has 1 aliphatic heterocycles. The lowest BCUT2D eigenvalue weighted by molar-refractivity contribution is -0.115. The zero-order valence-electron chi connectivity index (χ0n) is 14.0. The number of aromatic nitrogens is 3. The van der Waals surface area contributed by atoms with Crippen LogP contribution in [0.4, 0.5) is 5.69 Å². The summed E-state index contributed by atoms with van der Waals surface area (Å²) in [7, 11) is 0. The molecule has 2 aromatic rings. The summed E-state index contributed by atoms with van der Waals surface area (Å²) in [4.78, 5) is 24.5. The number of para-hydroxylation sites is 1. The van der Waals surface area contributed by atoms with Crippen LogP contribution in [0.5, 0.6) is 0 Å². The van der Waals surface area contributed by atoms with Crippen LogP contribution in [0, 0.1) is 0 Å². The third-order valence-corrected chi connectivity index (χ3v) is 5.72. The maximum absolute atomic E-state index is 12.5. The van der Waals surface area contributed by atoms with E-state index in [2.05, 4.69) is 15.5 Å². The van der Waals surface area contributed by atoms with Gasteiger partial charge in [0.1, 0.15) is 0 Å². The summed E-state index contributed by atoms with van der Waals surface area (Å²) in [6, 6.07) is 4.99. The first-order chi connectivity index (χ1) is 12.5. The van der Waals surface area contributed by atoms with Crippen molar-refractivity contribution in [3.63, 3.8) is 0 Å². The molecule has 26 heavy (non-hydrogen) atoms. The van der Waals surface area contributed by atoms with Gasteiger partial charge in [-0.1, -0.05) is 41.0 Å². The number of H-pyrrole nitrogens is 1. The molecular formula is C16H18Cl2N4O3S. The second-order valence-corrected chi connectivity index (χ2v) is 8.03. The normalized spacial score (nSPS) is 18.0. The Morgan fingerprint density at radius 1 is 1.50 bits per heavy atom. The van der Waals surface area contributed by atoms with E-state index in [0.29, 0.717) is 34.0 Å². The third kappa shape index (κ3) is 4.43. The van der Waals surface area contributed by atoms with E-state index in [-0.39, 0.29) is 17.7 Å². The van der Waals surface area contributed by atoms with E-state index in [1.165, 1.54) is 16.3 Å². The van der Waals surface area contributed by atoms with Crippen molar-refractivity contribution in [1.82, 2.24) is 14.8 Å². The van der Waals surface area contributed by atoms with Crippen molar-refractivity contribution in [2.75, 3.05) is 11.9 Å². The fourth-order valence-corrected chi connectivity index (χ4v) is 3.96. The molecule has 1 fully saturated rings. The smallest absolute Gasteiger partial charge is 0.344 e. The molecule has 0 unspecified atom stereocenters. The molecule has 2 atom stereocenters. The molecule has 3 rings (SSSR count). The highest BCUT2D eigenvalue weighted by Gasteiger charge is 2.23. The topological polar surface area (TPSA) is 89.0 Å². The molecule has 1 aromatic carbocycles. The predicted molar refractivity (Wildman–Crippen MR) is 102 cm³/mol. The fourth-order valence-electron chi connectivity index (χ4n) is 2.60. The average molecular weight is 417 g/mol. The zero-order valence-corrected chi connectivity index (χ0v) is 16.3. The van der Waals surface area contributed by atoms with Crippen LogP contribution >= 0.6 is 35.0 Å². The zero-order chi connectivity index (χ0) is 18.7. The largest absolute Gasteiger partial charge is 0.376 e. The first kappa shape index (κ1) is 19.3. The lowest BCUT2D eigenvalue weighted by Gasteiger charge is -2.15. The van der Waals surface area contributed by atoms with Crippen molar-refractivity contribution in [3.05, 3.63) is 38.7 Å². The van der Waals surface area contributed by atoms with Crippen LogP contribution in [0.1, 0.15) is 19.8 Å². The van der Waals surface area contributed by atoms with Gasteiger partial charge in [-0.15, -0.1) is 5.10 Å². The van der Waals surface area contributed by atoms with Gasteiger partial charge in [-0.05, 0) is 31.9 Å². The first-order valence-electron chi connectivity index (χ1n) is 8.14. The minimum atomic E-state index is -0.513. The molecule has 1 amide bonds. The number of rotatable bonds is 6. The highest BCUT2D eigenvalue weighted by Crippen LogP contribution is 2.31. The van der Waals surface area contributed by atoms with Crippen LogP contribution in [0.25, 0.3) is 0 Å². The molecule has 2 heterocycles. The molecule has 0 saturated carbocycles. The number of hydrogen-bond acceptors (Lipinski definition) is 5. The average Bonchev–Trinajstić information content (AvgIpc) is 3.23. The number of hydrogen-bond donors (Lipinski definition) is 2. The van der Waals surface area contributed by atoms with Crippen molar-refractivity contribution in [2.24, 2.45) is 0 Å². The number of halogens is 2. The van der Waals surface area contributed by atoms with Gasteiger partial charge in [-0.25, -0.2) is 9.89 Å². The monoisotopic (exact) mass is 416 g/mol. The quantitative estimate of drug-likeness (QED) is 0.705. The van der Waals surface area contributed by atoms with Crippen LogP contribution in [0.15, 0.2) is 28.2 Å². The summed E-state index contributed by atoms with van der Waals surface area (Å²) in [6.07, 6.45) is 1.88. The second kappa shape index (κ2) is 8.47. The van der Waals surface area contributed by atoms with Crippen molar-refractivity contribution in [1.29, 1.82) is 0 Å². The Morgan fingerprint density at radius 2 is 2.23 bits per heavy atom. The van der Waals surface area contributed by atoms with Crippen LogP contribution in [0.2, 0.25) is 10.0 Å². The fraction of sp³-hybridized carbons (Fsp3) is 0.438. The van der Waals surface area contributed by atoms with E-state index in [4.69, 9.17) is 27.9 Å². The highest BCUT2D eigenvalue weighted by molar-refractivity contribution is 8.00. The Morgan fingerprint density at radius 3 is 2.88 bits per heavy atom. The number of amides is 1. The maximum Gasteiger partial charge on any atom is 0.344 e. The van der Waals surface area contributed by atoms with Crippen LogP contribution in [0.3, 0.4) is 0 Å². The number of carbonyl (C=O) groups is 1. The van der Waals surface area contributed by atoms with Gasteiger partial charge in [0, 0.05) is 6.61 Å². The number of ether oxygens (including phenoxy) is 1. The molecule has 0 aliphatic carbocycles. The number of carbonyl (C=O) groups excluding carboxylic acids is 1. The Labute approximate surface area is 164 Å². The van der Waals surface area contributed by atoms with Crippen molar-refractivity contribution in [3.8, 4) is 0 Å². The molecule has 1 saturated heterocycles. The molecule has 2 N–H and O–H groups in total. The molecule has 0 bridgehead atoms. The van der Waals surface area contributed by atoms with Crippen molar-refractivity contribution < 1.29 is 9.53 Å². The van der Waals surface area contributed by atoms with E-state index in [9.17, 15) is 9.59 Å². The van der Waals surface area contributed by atoms with Crippen molar-refractivity contribution in [2.45, 2.75) is 42.8 Å². The molecular weight excluding hydrogens is 399 g/mol. The number of thioether (sulfide) groups is 1. The van der Waals surface area contributed by atoms with E-state index >= 15 is 0 Å². The van der Waals surface area contributed by atoms with Crippen LogP contribution < -0.4 is 11.0 Å². The molecule has 7 nitrogen and oxygen atoms in total. The van der Waals surface area contributed by atoms with Gasteiger partial charge >= 0.3 is 5.69 Å². The van der Waals surface area contributed by atoms with Gasteiger partial charge in [0.25, 0.3) is 0 Å². The highest BCUT2D eigenvalue weighted by atomic mass is 35.5. The second-order valence-electron chi connectivity index (χ2n) is 5.90. The Hall–Kier alpha value is -1.48. The molecule has 10 heteroatoms. The molecule has 140 valence electrons. The number of anilines is 1. The van der Waals surface area contributed by atoms with Crippen LogP contribution in [-0.4, -0.2) is 38.6 Å². The lowest BCUT2D eigenvalue weighted by Crippen LogP contribution is -2.27. The Balaban J connectivity index is 1.68. The van der Waals surface area contributed by atoms with E-state index in [1.807, 2.05) is 0 Å². The van der Waals surface area contributed by atoms with Gasteiger partial charge < -0.3 is 10.1 Å². The maximum atomic E-state index is 12.5. The van der Waals surface area contributed by atoms with E-state index in [1.54, 1.807) is 25.1 Å². The number of aromatic amines is 1. The summed E-state index contributed by atoms with van der Waals surface area (Å²) in [6.45, 7) is 2.85. The van der Waals surface area contributed by atoms with E-state index < -0.39 is 5.25 Å². The molecule has 0 spiro atoms. The minimum absolute atomic E-state index is 0.00397. The predicted octanol–water partition coefficient (Wildman–Crippen LogP) is 3.18. The Bertz CT molecular complexity index is 828. The Kier molecular flexibility index (Phi) is 6.29. The SMILES string of the molecule is C[C@H](Sc1n[nH]c(=O)n1C[C@@H]1CCCO1)C(=O)Nc1c(Cl)cccc1Cl. The number of nitrogens with zero attached hydrogens (tertiary/aromatic N) is 2. The number of nitrogens with one attached hydrogen (secondary N) is 2. The summed E-state index contributed by atoms with van der Waals surface area (Å²) in [5.74, 6) is -0.288. The van der Waals surface area contributed by atoms with E-state index in [0.717, 1.165) is 12.8 Å². The molecule has 1 aliphatic rings. The first-order valence-corrected chi connectivity index (χ1v) is 9.77. The number of benzene rings is 1. The van der Waals surface area contributed by atoms with Crippen molar-refractivity contribution >= 4 is 46.6 Å². The molecule has 0 radical (unpaired) electrons. The summed E-state index contributed by atoms with van der Waals surface area (Å²) < 4.78 is 7.08. The summed E-state index contributed by atoms with van der Waals surface area (Å²) in [5, 5.41) is 9.83. The van der Waals surface area contributed by atoms with Gasteiger partial charge in [-0.2, -0.15) is 0 Å². The summed E-state index contributed by atoms with van der Waals surface area (Å²) >= 11 is 13.3. The standard InChI is InChI=1S/C16H18Cl2N4O3S/c1-9(14(23)19-13-11(17)5-2-6-12(13)18)26-16-21-20-15(24)22(16)8-10-4-3-7-25-10/h2,5-6,9-10H,3-4,7-8H2,1H3,(H,19,23)(H,20,24)/t9-,10-/m0/s1. The lowest BCUT2D eigenvalue weighted by atomic mass is 10.2. The van der Waals surface area contributed by atoms with Gasteiger partial charge in [-0.3, -0.25) is 9.36 Å². The third-order valence-electron chi connectivity index (χ3n) is 4.00. The van der Waals surface area contributed by atoms with Gasteiger partial charge in [0.2, 0.25) is 5.91 Å². The van der Waals surface area contributed by atoms with Gasteiger partial charge in [0.15, 0.2) is 5.16 Å². The van der Waals surface area contributed by atoms with Gasteiger partial charge in [0.05, 0.1) is 33.6 Å². The van der Waals surface area contributed by atoms with Crippen LogP contribution in [-0.2, 0) is 16.1 Å². The summed E-state index contributed by atoms with van der Waals surface area (Å²) in [5.41, 5.74) is 0.0526. The minimum Gasteiger partial charge on any atom is -0.376 e. The molecule has 1 aromatic heterocycles.